The van der Waals surface area contributed by atoms with Crippen molar-refractivity contribution in [1.29, 1.82) is 0 Å². The molecule has 4 nitrogen and oxygen atoms in total. The molecule has 0 aliphatic carbocycles. The van der Waals surface area contributed by atoms with Gasteiger partial charge in [-0.3, -0.25) is 0 Å². The standard InChI is InChI=1S/C21H23N3O/c25-23-20-13-16(7-10-21(20)24-11-3-4-12-24)15-22-19-9-8-17-5-1-2-6-18(17)14-19/h1-2,5-10,13-14,22H,3-4,11-12,15,23H2. The second-order valence-electron chi connectivity index (χ2n) is 6.62. The minimum atomic E-state index is 0.708. The minimum Gasteiger partial charge on any atom is -0.630 e. The topological polar surface area (TPSA) is 54.9 Å². The molecule has 0 bridgehead atoms. The van der Waals surface area contributed by atoms with Crippen molar-refractivity contribution in [1.82, 2.24) is 0 Å². The van der Waals surface area contributed by atoms with Crippen molar-refractivity contribution >= 4 is 27.8 Å². The number of hydrogen-bond donors (Lipinski definition) is 2. The number of rotatable bonds is 5. The lowest BCUT2D eigenvalue weighted by atomic mass is 10.1. The Morgan fingerprint density at radius 1 is 0.920 bits per heavy atom. The molecule has 25 heavy (non-hydrogen) atoms. The van der Waals surface area contributed by atoms with Gasteiger partial charge in [-0.25, -0.2) is 0 Å². The molecule has 3 N–H and O–H groups in total. The van der Waals surface area contributed by atoms with Crippen LogP contribution in [0.5, 0.6) is 0 Å². The Balaban J connectivity index is 1.49. The molecule has 1 saturated heterocycles. The van der Waals surface area contributed by atoms with Crippen LogP contribution in [-0.2, 0) is 6.54 Å². The normalized spacial score (nSPS) is 14.2. The molecule has 0 saturated carbocycles. The molecule has 4 heteroatoms. The minimum absolute atomic E-state index is 0.708. The summed E-state index contributed by atoms with van der Waals surface area (Å²) in [7, 11) is 0. The van der Waals surface area contributed by atoms with Crippen LogP contribution >= 0.6 is 0 Å². The van der Waals surface area contributed by atoms with Crippen LogP contribution in [0, 0.1) is 5.21 Å². The molecule has 0 spiro atoms. The summed E-state index contributed by atoms with van der Waals surface area (Å²) in [5, 5.41) is 17.4. The average Bonchev–Trinajstić information content (AvgIpc) is 3.20. The summed E-state index contributed by atoms with van der Waals surface area (Å²) in [5.41, 5.74) is 5.06. The third kappa shape index (κ3) is 3.45. The largest absolute Gasteiger partial charge is 0.630 e. The van der Waals surface area contributed by atoms with E-state index in [1.165, 1.54) is 23.6 Å². The highest BCUT2D eigenvalue weighted by molar-refractivity contribution is 5.85. The number of benzene rings is 3. The molecule has 3 aromatic carbocycles. The molecule has 0 aromatic heterocycles. The third-order valence-electron chi connectivity index (χ3n) is 4.91. The second kappa shape index (κ2) is 7.13. The molecule has 3 aromatic rings. The van der Waals surface area contributed by atoms with Crippen molar-refractivity contribution in [2.24, 2.45) is 0 Å². The lowest BCUT2D eigenvalue weighted by Crippen LogP contribution is -2.70. The maximum absolute atomic E-state index is 11.5. The average molecular weight is 333 g/mol. The lowest BCUT2D eigenvalue weighted by Gasteiger charge is -2.21. The summed E-state index contributed by atoms with van der Waals surface area (Å²) >= 11 is 0. The smallest absolute Gasteiger partial charge is 0.153 e. The van der Waals surface area contributed by atoms with Gasteiger partial charge in [0.15, 0.2) is 5.69 Å². The summed E-state index contributed by atoms with van der Waals surface area (Å²) in [6, 6.07) is 21.0. The maximum atomic E-state index is 11.5. The first-order valence-electron chi connectivity index (χ1n) is 8.89. The Labute approximate surface area is 148 Å². The number of fused-ring (bicyclic) bond motifs is 1. The lowest BCUT2D eigenvalue weighted by molar-refractivity contribution is -0.496. The highest BCUT2D eigenvalue weighted by Crippen LogP contribution is 2.27. The highest BCUT2D eigenvalue weighted by Gasteiger charge is 2.17. The fraction of sp³-hybridized carbons (Fsp3) is 0.238. The number of hydrogen-bond acceptors (Lipinski definition) is 3. The van der Waals surface area contributed by atoms with Crippen molar-refractivity contribution < 1.29 is 5.48 Å². The highest BCUT2D eigenvalue weighted by atomic mass is 16.5. The van der Waals surface area contributed by atoms with Gasteiger partial charge in [0.25, 0.3) is 0 Å². The summed E-state index contributed by atoms with van der Waals surface area (Å²) in [4.78, 5) is 2.31. The number of nitrogens with one attached hydrogen (secondary N) is 1. The van der Waals surface area contributed by atoms with Crippen molar-refractivity contribution in [2.45, 2.75) is 19.4 Å². The fourth-order valence-corrected chi connectivity index (χ4v) is 3.56. The molecule has 1 fully saturated rings. The molecule has 128 valence electrons. The molecule has 0 unspecified atom stereocenters. The predicted octanol–water partition coefficient (Wildman–Crippen LogP) is 3.74. The van der Waals surface area contributed by atoms with E-state index in [4.69, 9.17) is 0 Å². The van der Waals surface area contributed by atoms with Gasteiger partial charge in [0, 0.05) is 31.4 Å². The van der Waals surface area contributed by atoms with E-state index in [-0.39, 0.29) is 0 Å². The van der Waals surface area contributed by atoms with Gasteiger partial charge in [-0.1, -0.05) is 36.4 Å². The van der Waals surface area contributed by atoms with E-state index in [0.717, 1.165) is 41.2 Å². The van der Waals surface area contributed by atoms with Crippen LogP contribution in [0.4, 0.5) is 17.1 Å². The molecule has 0 radical (unpaired) electrons. The number of quaternary nitrogens is 1. The molecular formula is C21H23N3O. The zero-order chi connectivity index (χ0) is 17.1. The Kier molecular flexibility index (Phi) is 4.55. The maximum Gasteiger partial charge on any atom is 0.153 e. The van der Waals surface area contributed by atoms with Gasteiger partial charge in [0.2, 0.25) is 0 Å². The van der Waals surface area contributed by atoms with Crippen molar-refractivity contribution in [3.05, 3.63) is 71.4 Å². The summed E-state index contributed by atoms with van der Waals surface area (Å²) in [6.45, 7) is 2.81. The Bertz CT molecular complexity index is 872. The Morgan fingerprint density at radius 3 is 2.52 bits per heavy atom. The first-order chi connectivity index (χ1) is 12.3. The van der Waals surface area contributed by atoms with Crippen LogP contribution in [0.1, 0.15) is 18.4 Å². The number of nitrogens with two attached hydrogens (primary N) is 1. The van der Waals surface area contributed by atoms with Gasteiger partial charge in [-0.2, -0.15) is 0 Å². The van der Waals surface area contributed by atoms with E-state index in [9.17, 15) is 5.21 Å². The molecule has 1 aliphatic rings. The van der Waals surface area contributed by atoms with Gasteiger partial charge < -0.3 is 20.9 Å². The van der Waals surface area contributed by atoms with Crippen LogP contribution in [0.2, 0.25) is 0 Å². The van der Waals surface area contributed by atoms with Gasteiger partial charge in [0.05, 0.1) is 5.69 Å². The van der Waals surface area contributed by atoms with E-state index in [1.807, 2.05) is 6.07 Å². The van der Waals surface area contributed by atoms with Crippen LogP contribution < -0.4 is 15.7 Å². The Morgan fingerprint density at radius 2 is 1.72 bits per heavy atom. The van der Waals surface area contributed by atoms with E-state index < -0.39 is 0 Å². The molecule has 4 rings (SSSR count). The SMILES string of the molecule is [O-][NH2+]c1cc(CNc2ccc3ccccc3c2)ccc1N1CCCC1. The second-order valence-corrected chi connectivity index (χ2v) is 6.62. The van der Waals surface area contributed by atoms with Crippen LogP contribution in [-0.4, -0.2) is 13.1 Å². The van der Waals surface area contributed by atoms with E-state index >= 15 is 0 Å². The van der Waals surface area contributed by atoms with Crippen molar-refractivity contribution in [2.75, 3.05) is 23.3 Å². The Hall–Kier alpha value is -2.56. The summed E-state index contributed by atoms with van der Waals surface area (Å²) in [5.74, 6) is 0. The number of anilines is 2. The first kappa shape index (κ1) is 15.9. The molecule has 0 amide bonds. The third-order valence-corrected chi connectivity index (χ3v) is 4.91. The van der Waals surface area contributed by atoms with Crippen LogP contribution in [0.25, 0.3) is 10.8 Å². The molecule has 1 aliphatic heterocycles. The summed E-state index contributed by atoms with van der Waals surface area (Å²) < 4.78 is 0. The van der Waals surface area contributed by atoms with Crippen LogP contribution in [0.15, 0.2) is 60.7 Å². The molecule has 1 heterocycles. The van der Waals surface area contributed by atoms with Gasteiger partial charge in [-0.05, 0) is 47.4 Å². The van der Waals surface area contributed by atoms with E-state index in [2.05, 4.69) is 64.8 Å². The first-order valence-corrected chi connectivity index (χ1v) is 8.89. The van der Waals surface area contributed by atoms with E-state index in [0.29, 0.717) is 6.54 Å². The quantitative estimate of drug-likeness (QED) is 0.552. The van der Waals surface area contributed by atoms with Crippen LogP contribution in [0.3, 0.4) is 0 Å². The van der Waals surface area contributed by atoms with E-state index in [1.54, 1.807) is 0 Å². The van der Waals surface area contributed by atoms with Gasteiger partial charge in [0.1, 0.15) is 0 Å². The van der Waals surface area contributed by atoms with Crippen molar-refractivity contribution in [3.63, 3.8) is 0 Å². The monoisotopic (exact) mass is 333 g/mol. The molecular weight excluding hydrogens is 310 g/mol. The summed E-state index contributed by atoms with van der Waals surface area (Å²) in [6.07, 6.45) is 2.42. The number of nitrogens with zero attached hydrogens (tertiary/aromatic N) is 1. The van der Waals surface area contributed by atoms with Gasteiger partial charge in [-0.15, -0.1) is 0 Å². The predicted molar refractivity (Wildman–Crippen MR) is 104 cm³/mol. The van der Waals surface area contributed by atoms with Gasteiger partial charge >= 0.3 is 0 Å². The molecule has 0 atom stereocenters. The van der Waals surface area contributed by atoms with Crippen molar-refractivity contribution in [3.8, 4) is 0 Å². The zero-order valence-corrected chi connectivity index (χ0v) is 14.2. The zero-order valence-electron chi connectivity index (χ0n) is 14.2. The fourth-order valence-electron chi connectivity index (χ4n) is 3.56.